The Morgan fingerprint density at radius 2 is 1.54 bits per heavy atom. The maximum Gasteiger partial charge on any atom is 0.224 e. The molecule has 1 saturated heterocycles. The highest BCUT2D eigenvalue weighted by atomic mass is 16.2. The predicted molar refractivity (Wildman–Crippen MR) is 117 cm³/mol. The molecule has 1 amide bonds. The Hall–Kier alpha value is -2.33. The number of nitrogens with one attached hydrogen (secondary N) is 1. The van der Waals surface area contributed by atoms with E-state index < -0.39 is 0 Å². The Labute approximate surface area is 169 Å². The Kier molecular flexibility index (Phi) is 7.49. The maximum absolute atomic E-state index is 12.6. The van der Waals surface area contributed by atoms with Crippen molar-refractivity contribution in [2.45, 2.75) is 39.7 Å². The second kappa shape index (κ2) is 10.3. The summed E-state index contributed by atoms with van der Waals surface area (Å²) in [5.41, 5.74) is 5.24. The minimum absolute atomic E-state index is 0.263. The van der Waals surface area contributed by atoms with Crippen LogP contribution in [0.2, 0.25) is 0 Å². The van der Waals surface area contributed by atoms with Gasteiger partial charge in [0.05, 0.1) is 0 Å². The highest BCUT2D eigenvalue weighted by Gasteiger charge is 2.20. The number of hydrogen-bond acceptors (Lipinski definition) is 3. The van der Waals surface area contributed by atoms with Crippen molar-refractivity contribution in [2.24, 2.45) is 0 Å². The molecule has 0 bridgehead atoms. The summed E-state index contributed by atoms with van der Waals surface area (Å²) in [6.45, 7) is 9.60. The van der Waals surface area contributed by atoms with Gasteiger partial charge in [-0.05, 0) is 29.5 Å². The molecule has 0 radical (unpaired) electrons. The van der Waals surface area contributed by atoms with Crippen molar-refractivity contribution in [1.82, 2.24) is 9.80 Å². The number of para-hydroxylation sites is 1. The number of carbonyl (C=O) groups excluding carboxylic acids is 1. The van der Waals surface area contributed by atoms with Gasteiger partial charge in [-0.2, -0.15) is 0 Å². The second-order valence-electron chi connectivity index (χ2n) is 7.48. The van der Waals surface area contributed by atoms with Crippen molar-refractivity contribution in [3.05, 3.63) is 65.2 Å². The van der Waals surface area contributed by atoms with Crippen molar-refractivity contribution in [3.63, 3.8) is 0 Å². The zero-order valence-corrected chi connectivity index (χ0v) is 17.3. The van der Waals surface area contributed by atoms with E-state index in [2.05, 4.69) is 72.6 Å². The molecule has 1 aliphatic rings. The lowest BCUT2D eigenvalue weighted by atomic mass is 10.0. The van der Waals surface area contributed by atoms with E-state index in [1.165, 1.54) is 22.4 Å². The summed E-state index contributed by atoms with van der Waals surface area (Å²) in [4.78, 5) is 17.1. The maximum atomic E-state index is 12.6. The minimum Gasteiger partial charge on any atom is -0.384 e. The van der Waals surface area contributed by atoms with E-state index >= 15 is 0 Å². The molecule has 1 fully saturated rings. The van der Waals surface area contributed by atoms with Crippen LogP contribution in [0.15, 0.2) is 48.5 Å². The predicted octanol–water partition coefficient (Wildman–Crippen LogP) is 3.96. The first-order valence-electron chi connectivity index (χ1n) is 10.6. The van der Waals surface area contributed by atoms with Crippen molar-refractivity contribution >= 4 is 11.6 Å². The van der Waals surface area contributed by atoms with Crippen LogP contribution >= 0.6 is 0 Å². The third-order valence-electron chi connectivity index (χ3n) is 5.61. The average Bonchev–Trinajstić information content (AvgIpc) is 2.75. The number of hydrogen-bond donors (Lipinski definition) is 1. The first-order chi connectivity index (χ1) is 13.7. The molecule has 1 N–H and O–H groups in total. The van der Waals surface area contributed by atoms with E-state index in [0.717, 1.165) is 45.6 Å². The van der Waals surface area contributed by atoms with Gasteiger partial charge in [0, 0.05) is 51.4 Å². The first kappa shape index (κ1) is 20.4. The normalized spacial score (nSPS) is 14.9. The Bertz CT molecular complexity index is 729. The quantitative estimate of drug-likeness (QED) is 0.754. The van der Waals surface area contributed by atoms with Gasteiger partial charge >= 0.3 is 0 Å². The fourth-order valence-corrected chi connectivity index (χ4v) is 3.92. The van der Waals surface area contributed by atoms with Gasteiger partial charge in [-0.3, -0.25) is 9.69 Å². The average molecular weight is 380 g/mol. The van der Waals surface area contributed by atoms with Gasteiger partial charge in [0.1, 0.15) is 0 Å². The molecule has 2 aromatic rings. The number of anilines is 1. The fourth-order valence-electron chi connectivity index (χ4n) is 3.92. The van der Waals surface area contributed by atoms with Crippen LogP contribution in [0.25, 0.3) is 0 Å². The molecule has 0 aromatic heterocycles. The number of carbonyl (C=O) groups is 1. The summed E-state index contributed by atoms with van der Waals surface area (Å²) in [5.74, 6) is 0.263. The van der Waals surface area contributed by atoms with E-state index in [4.69, 9.17) is 0 Å². The molecule has 0 atom stereocenters. The summed E-state index contributed by atoms with van der Waals surface area (Å²) in [6, 6.07) is 17.0. The monoisotopic (exact) mass is 379 g/mol. The Morgan fingerprint density at radius 1 is 0.893 bits per heavy atom. The van der Waals surface area contributed by atoms with Crippen molar-refractivity contribution in [1.29, 1.82) is 0 Å². The lowest BCUT2D eigenvalue weighted by molar-refractivity contribution is -0.132. The first-order valence-corrected chi connectivity index (χ1v) is 10.6. The molecule has 4 heteroatoms. The van der Waals surface area contributed by atoms with E-state index in [9.17, 15) is 4.79 Å². The van der Waals surface area contributed by atoms with Crippen LogP contribution in [0, 0.1) is 0 Å². The molecule has 2 aromatic carbocycles. The van der Waals surface area contributed by atoms with Crippen molar-refractivity contribution < 1.29 is 4.79 Å². The number of aryl methyl sites for hydroxylation is 2. The van der Waals surface area contributed by atoms with Crippen LogP contribution in [0.3, 0.4) is 0 Å². The molecule has 1 aliphatic heterocycles. The van der Waals surface area contributed by atoms with Crippen molar-refractivity contribution in [2.75, 3.05) is 38.0 Å². The molecule has 28 heavy (non-hydrogen) atoms. The number of piperazine rings is 1. The van der Waals surface area contributed by atoms with Crippen LogP contribution in [-0.2, 0) is 24.2 Å². The van der Waals surface area contributed by atoms with Gasteiger partial charge in [-0.1, -0.05) is 62.4 Å². The number of benzene rings is 2. The summed E-state index contributed by atoms with van der Waals surface area (Å²) < 4.78 is 0. The molecular weight excluding hydrogens is 346 g/mol. The molecule has 0 spiro atoms. The Morgan fingerprint density at radius 3 is 2.14 bits per heavy atom. The minimum atomic E-state index is 0.263. The molecule has 4 nitrogen and oxygen atoms in total. The van der Waals surface area contributed by atoms with Gasteiger partial charge < -0.3 is 10.2 Å². The highest BCUT2D eigenvalue weighted by molar-refractivity contribution is 5.77. The SMILES string of the molecule is CCc1cccc(CC)c1NCCC(=O)N1CCN(Cc2ccccc2)CC1. The number of amides is 1. The van der Waals surface area contributed by atoms with Crippen LogP contribution in [0.5, 0.6) is 0 Å². The summed E-state index contributed by atoms with van der Waals surface area (Å²) in [6.07, 6.45) is 2.57. The molecule has 0 unspecified atom stereocenters. The summed E-state index contributed by atoms with van der Waals surface area (Å²) in [7, 11) is 0. The summed E-state index contributed by atoms with van der Waals surface area (Å²) in [5, 5.41) is 3.54. The number of rotatable bonds is 8. The standard InChI is InChI=1S/C24H33N3O/c1-3-21-11-8-12-22(4-2)24(21)25-14-13-23(28)27-17-15-26(16-18-27)19-20-9-6-5-7-10-20/h5-12,25H,3-4,13-19H2,1-2H3. The van der Waals surface area contributed by atoms with E-state index in [1.54, 1.807) is 0 Å². The second-order valence-corrected chi connectivity index (χ2v) is 7.48. The van der Waals surface area contributed by atoms with Crippen LogP contribution in [-0.4, -0.2) is 48.4 Å². The van der Waals surface area contributed by atoms with Gasteiger partial charge in [-0.25, -0.2) is 0 Å². The lowest BCUT2D eigenvalue weighted by Gasteiger charge is -2.35. The van der Waals surface area contributed by atoms with Crippen molar-refractivity contribution in [3.8, 4) is 0 Å². The molecule has 3 rings (SSSR count). The largest absolute Gasteiger partial charge is 0.384 e. The van der Waals surface area contributed by atoms with Crippen LogP contribution < -0.4 is 5.32 Å². The molecule has 0 saturated carbocycles. The molecule has 0 aliphatic carbocycles. The lowest BCUT2D eigenvalue weighted by Crippen LogP contribution is -2.48. The fraction of sp³-hybridized carbons (Fsp3) is 0.458. The number of nitrogens with zero attached hydrogens (tertiary/aromatic N) is 2. The third-order valence-corrected chi connectivity index (χ3v) is 5.61. The summed E-state index contributed by atoms with van der Waals surface area (Å²) >= 11 is 0. The molecule has 150 valence electrons. The smallest absolute Gasteiger partial charge is 0.224 e. The molecular formula is C24H33N3O. The topological polar surface area (TPSA) is 35.6 Å². The van der Waals surface area contributed by atoms with Gasteiger partial charge in [0.15, 0.2) is 0 Å². The molecule has 1 heterocycles. The van der Waals surface area contributed by atoms with Crippen LogP contribution in [0.4, 0.5) is 5.69 Å². The highest BCUT2D eigenvalue weighted by Crippen LogP contribution is 2.22. The Balaban J connectivity index is 1.44. The van der Waals surface area contributed by atoms with Gasteiger partial charge in [-0.15, -0.1) is 0 Å². The third kappa shape index (κ3) is 5.35. The zero-order valence-electron chi connectivity index (χ0n) is 17.3. The van der Waals surface area contributed by atoms with Gasteiger partial charge in [0.2, 0.25) is 5.91 Å². The zero-order chi connectivity index (χ0) is 19.8. The van der Waals surface area contributed by atoms with E-state index in [0.29, 0.717) is 13.0 Å². The van der Waals surface area contributed by atoms with E-state index in [1.807, 2.05) is 4.90 Å². The van der Waals surface area contributed by atoms with Crippen LogP contribution in [0.1, 0.15) is 37.0 Å². The van der Waals surface area contributed by atoms with Gasteiger partial charge in [0.25, 0.3) is 0 Å². The van der Waals surface area contributed by atoms with E-state index in [-0.39, 0.29) is 5.91 Å².